The smallest absolute Gasteiger partial charge is 0.151 e. The number of rotatable bonds is 3. The molecule has 2 aromatic rings. The molecule has 2 aromatic carbocycles. The highest BCUT2D eigenvalue weighted by Crippen LogP contribution is 2.60. The van der Waals surface area contributed by atoms with Gasteiger partial charge in [0.2, 0.25) is 0 Å². The van der Waals surface area contributed by atoms with Gasteiger partial charge in [0.15, 0.2) is 5.78 Å². The quantitative estimate of drug-likeness (QED) is 0.857. The minimum Gasteiger partial charge on any atom is -0.317 e. The monoisotopic (exact) mass is 365 g/mol. The van der Waals surface area contributed by atoms with Crippen LogP contribution in [0.2, 0.25) is 5.02 Å². The number of ketones is 1. The first-order chi connectivity index (χ1) is 12.6. The van der Waals surface area contributed by atoms with Crippen molar-refractivity contribution in [1.82, 2.24) is 5.32 Å². The molecule has 1 unspecified atom stereocenters. The first-order valence-corrected chi connectivity index (χ1v) is 10.1. The molecule has 3 heteroatoms. The number of halogens is 1. The van der Waals surface area contributed by atoms with E-state index in [1.807, 2.05) is 12.1 Å². The molecule has 1 aliphatic heterocycles. The fraction of sp³-hybridized carbons (Fsp3) is 0.435. The fourth-order valence-electron chi connectivity index (χ4n) is 5.45. The normalized spacial score (nSPS) is 25.0. The maximum Gasteiger partial charge on any atom is 0.151 e. The van der Waals surface area contributed by atoms with Crippen LogP contribution in [0.5, 0.6) is 0 Å². The number of hydrogen-bond donors (Lipinski definition) is 1. The summed E-state index contributed by atoms with van der Waals surface area (Å²) in [5.74, 6) is 0.491. The number of benzene rings is 2. The van der Waals surface area contributed by atoms with Crippen molar-refractivity contribution < 1.29 is 4.79 Å². The summed E-state index contributed by atoms with van der Waals surface area (Å²) in [5, 5.41) is 4.22. The number of nitrogens with one attached hydrogen (secondary N) is 1. The molecule has 3 aliphatic rings. The van der Waals surface area contributed by atoms with Crippen molar-refractivity contribution in [3.63, 3.8) is 0 Å². The Kier molecular flexibility index (Phi) is 3.77. The molecule has 0 radical (unpaired) electrons. The number of piperidine rings is 1. The second-order valence-corrected chi connectivity index (χ2v) is 8.81. The van der Waals surface area contributed by atoms with Crippen molar-refractivity contribution in [3.8, 4) is 0 Å². The molecule has 0 bridgehead atoms. The largest absolute Gasteiger partial charge is 0.317 e. The fourth-order valence-corrected chi connectivity index (χ4v) is 5.57. The van der Waals surface area contributed by atoms with Crippen LogP contribution in [-0.4, -0.2) is 18.9 Å². The molecule has 0 amide bonds. The molecule has 2 aliphatic carbocycles. The van der Waals surface area contributed by atoms with Gasteiger partial charge in [-0.15, -0.1) is 0 Å². The zero-order valence-electron chi connectivity index (χ0n) is 14.9. The van der Waals surface area contributed by atoms with Crippen LogP contribution in [0.15, 0.2) is 48.5 Å². The molecule has 1 saturated carbocycles. The van der Waals surface area contributed by atoms with Crippen LogP contribution >= 0.6 is 11.6 Å². The molecular weight excluding hydrogens is 342 g/mol. The Morgan fingerprint density at radius 1 is 0.962 bits per heavy atom. The third-order valence-electron chi connectivity index (χ3n) is 7.00. The Morgan fingerprint density at radius 3 is 2.35 bits per heavy atom. The number of hydrogen-bond acceptors (Lipinski definition) is 2. The van der Waals surface area contributed by atoms with Crippen LogP contribution in [0, 0.1) is 5.41 Å². The maximum atomic E-state index is 14.0. The molecule has 2 fully saturated rings. The van der Waals surface area contributed by atoms with Crippen LogP contribution in [0.1, 0.15) is 48.3 Å². The number of Topliss-reactive ketones (excluding diaryl/α,β-unsaturated/α-hetero) is 1. The molecule has 0 aromatic heterocycles. The highest BCUT2D eigenvalue weighted by Gasteiger charge is 2.59. The Hall–Kier alpha value is -1.64. The third-order valence-corrected chi connectivity index (χ3v) is 7.25. The van der Waals surface area contributed by atoms with Crippen molar-refractivity contribution >= 4 is 17.4 Å². The lowest BCUT2D eigenvalue weighted by atomic mass is 9.65. The summed E-state index contributed by atoms with van der Waals surface area (Å²) in [6.45, 7) is 2.04. The van der Waals surface area contributed by atoms with Crippen molar-refractivity contribution in [3.05, 3.63) is 70.2 Å². The predicted octanol–water partition coefficient (Wildman–Crippen LogP) is 4.65. The van der Waals surface area contributed by atoms with Crippen LogP contribution in [0.3, 0.4) is 0 Å². The van der Waals surface area contributed by atoms with Gasteiger partial charge in [-0.2, -0.15) is 0 Å². The van der Waals surface area contributed by atoms with Gasteiger partial charge in [0.1, 0.15) is 0 Å². The van der Waals surface area contributed by atoms with Crippen molar-refractivity contribution in [1.29, 1.82) is 0 Å². The molecule has 1 atom stereocenters. The van der Waals surface area contributed by atoms with E-state index in [1.165, 1.54) is 11.1 Å². The lowest BCUT2D eigenvalue weighted by molar-refractivity contribution is -0.126. The van der Waals surface area contributed by atoms with E-state index < -0.39 is 0 Å². The average Bonchev–Trinajstić information content (AvgIpc) is 3.41. The molecular formula is C23H24ClNO. The summed E-state index contributed by atoms with van der Waals surface area (Å²) in [7, 11) is 0. The summed E-state index contributed by atoms with van der Waals surface area (Å²) >= 11 is 6.08. The molecule has 1 spiro atoms. The van der Waals surface area contributed by atoms with Crippen LogP contribution in [0.25, 0.3) is 0 Å². The zero-order chi connectivity index (χ0) is 17.8. The first-order valence-electron chi connectivity index (χ1n) is 9.74. The Morgan fingerprint density at radius 2 is 1.65 bits per heavy atom. The summed E-state index contributed by atoms with van der Waals surface area (Å²) in [6.07, 6.45) is 5.18. The molecule has 1 saturated heterocycles. The Labute approximate surface area is 160 Å². The van der Waals surface area contributed by atoms with Crippen LogP contribution in [-0.2, 0) is 16.6 Å². The average molecular weight is 366 g/mol. The van der Waals surface area contributed by atoms with Gasteiger partial charge >= 0.3 is 0 Å². The van der Waals surface area contributed by atoms with E-state index in [2.05, 4.69) is 41.7 Å². The standard InChI is InChI=1S/C23H24ClNO/c24-18-7-5-17(6-8-18)23(9-10-23)21(26)20-19-4-2-1-3-16(19)15-22(20)11-13-25-14-12-22/h1-8,20,25H,9-15H2. The summed E-state index contributed by atoms with van der Waals surface area (Å²) in [4.78, 5) is 14.0. The summed E-state index contributed by atoms with van der Waals surface area (Å²) < 4.78 is 0. The Bertz CT molecular complexity index is 847. The second kappa shape index (κ2) is 5.94. The van der Waals surface area contributed by atoms with Gasteiger partial charge in [0.25, 0.3) is 0 Å². The highest BCUT2D eigenvalue weighted by molar-refractivity contribution is 6.30. The Balaban J connectivity index is 1.58. The van der Waals surface area contributed by atoms with E-state index in [0.717, 1.165) is 55.8 Å². The lowest BCUT2D eigenvalue weighted by Gasteiger charge is -2.40. The van der Waals surface area contributed by atoms with Crippen LogP contribution in [0.4, 0.5) is 0 Å². The minimum atomic E-state index is -0.287. The van der Waals surface area contributed by atoms with E-state index in [-0.39, 0.29) is 16.7 Å². The van der Waals surface area contributed by atoms with Gasteiger partial charge < -0.3 is 5.32 Å². The topological polar surface area (TPSA) is 29.1 Å². The minimum absolute atomic E-state index is 0.0407. The molecule has 1 N–H and O–H groups in total. The van der Waals surface area contributed by atoms with Crippen LogP contribution < -0.4 is 5.32 Å². The maximum absolute atomic E-state index is 14.0. The SMILES string of the molecule is O=C(C1c2ccccc2CC12CCNCC2)C1(c2ccc(Cl)cc2)CC1. The first kappa shape index (κ1) is 16.5. The van der Waals surface area contributed by atoms with Gasteiger partial charge in [-0.3, -0.25) is 4.79 Å². The van der Waals surface area contributed by atoms with Gasteiger partial charge in [-0.25, -0.2) is 0 Å². The van der Waals surface area contributed by atoms with E-state index in [4.69, 9.17) is 11.6 Å². The summed E-state index contributed by atoms with van der Waals surface area (Å²) in [5.41, 5.74) is 3.65. The lowest BCUT2D eigenvalue weighted by Crippen LogP contribution is -2.44. The van der Waals surface area contributed by atoms with Gasteiger partial charge in [-0.1, -0.05) is 48.0 Å². The zero-order valence-corrected chi connectivity index (χ0v) is 15.7. The predicted molar refractivity (Wildman–Crippen MR) is 105 cm³/mol. The molecule has 26 heavy (non-hydrogen) atoms. The molecule has 134 valence electrons. The number of carbonyl (C=O) groups excluding carboxylic acids is 1. The van der Waals surface area contributed by atoms with E-state index in [0.29, 0.717) is 5.78 Å². The third kappa shape index (κ3) is 2.39. The van der Waals surface area contributed by atoms with Crippen molar-refractivity contribution in [2.24, 2.45) is 5.41 Å². The van der Waals surface area contributed by atoms with E-state index in [1.54, 1.807) is 0 Å². The molecule has 2 nitrogen and oxygen atoms in total. The van der Waals surface area contributed by atoms with E-state index >= 15 is 0 Å². The second-order valence-electron chi connectivity index (χ2n) is 8.37. The van der Waals surface area contributed by atoms with Gasteiger partial charge in [0, 0.05) is 10.9 Å². The summed E-state index contributed by atoms with van der Waals surface area (Å²) in [6, 6.07) is 16.6. The van der Waals surface area contributed by atoms with Gasteiger partial charge in [-0.05, 0) is 79.4 Å². The van der Waals surface area contributed by atoms with Crippen molar-refractivity contribution in [2.75, 3.05) is 13.1 Å². The number of fused-ring (bicyclic) bond motifs is 1. The van der Waals surface area contributed by atoms with Crippen molar-refractivity contribution in [2.45, 2.75) is 43.4 Å². The van der Waals surface area contributed by atoms with Gasteiger partial charge in [0.05, 0.1) is 5.41 Å². The molecule has 5 rings (SSSR count). The van der Waals surface area contributed by atoms with E-state index in [9.17, 15) is 4.79 Å². The molecule has 1 heterocycles. The highest BCUT2D eigenvalue weighted by atomic mass is 35.5. The number of carbonyl (C=O) groups is 1.